The molecule has 39 heavy (non-hydrogen) atoms. The Labute approximate surface area is 226 Å². The Morgan fingerprint density at radius 3 is 2.64 bits per heavy atom. The van der Waals surface area contributed by atoms with E-state index in [1.807, 2.05) is 0 Å². The van der Waals surface area contributed by atoms with Crippen LogP contribution in [0.1, 0.15) is 50.8 Å². The van der Waals surface area contributed by atoms with Gasteiger partial charge in [0.2, 0.25) is 5.96 Å². The summed E-state index contributed by atoms with van der Waals surface area (Å²) in [4.78, 5) is 22.5. The molecule has 1 aliphatic rings. The first-order valence-corrected chi connectivity index (χ1v) is 12.7. The molecular formula is C27H36F3N7O2. The fourth-order valence-electron chi connectivity index (χ4n) is 4.38. The molecule has 1 saturated heterocycles. The Balaban J connectivity index is 1.77. The number of halogens is 3. The molecule has 0 bridgehead atoms. The maximum absolute atomic E-state index is 14.0. The van der Waals surface area contributed by atoms with Crippen molar-refractivity contribution in [3.05, 3.63) is 53.4 Å². The molecule has 3 N–H and O–H groups in total. The van der Waals surface area contributed by atoms with Crippen LogP contribution in [0, 0.1) is 11.3 Å². The van der Waals surface area contributed by atoms with Crippen molar-refractivity contribution in [3.63, 3.8) is 0 Å². The maximum atomic E-state index is 14.0. The number of allylic oxidation sites excluding steroid dienone is 1. The lowest BCUT2D eigenvalue weighted by Crippen LogP contribution is -2.39. The van der Waals surface area contributed by atoms with Gasteiger partial charge in [-0.1, -0.05) is 39.0 Å². The number of nitrogens with one attached hydrogen (secondary N) is 2. The van der Waals surface area contributed by atoms with E-state index in [1.165, 1.54) is 23.0 Å². The smallest absolute Gasteiger partial charge is 0.394 e. The van der Waals surface area contributed by atoms with Gasteiger partial charge in [-0.2, -0.15) is 18.3 Å². The van der Waals surface area contributed by atoms with Gasteiger partial charge >= 0.3 is 12.2 Å². The second-order valence-electron chi connectivity index (χ2n) is 10.4. The molecule has 212 valence electrons. The van der Waals surface area contributed by atoms with Crippen LogP contribution in [0.4, 0.5) is 23.7 Å². The van der Waals surface area contributed by atoms with E-state index in [1.54, 1.807) is 24.1 Å². The molecule has 0 spiro atoms. The molecule has 1 aromatic heterocycles. The molecule has 0 saturated carbocycles. The number of hydrogen-bond acceptors (Lipinski definition) is 4. The van der Waals surface area contributed by atoms with E-state index in [0.717, 1.165) is 12.5 Å². The molecule has 3 rings (SSSR count). The van der Waals surface area contributed by atoms with Gasteiger partial charge in [0.05, 0.1) is 36.3 Å². The Kier molecular flexibility index (Phi) is 9.54. The molecule has 1 atom stereocenters. The lowest BCUT2D eigenvalue weighted by atomic mass is 9.80. The van der Waals surface area contributed by atoms with Gasteiger partial charge in [-0.05, 0) is 43.0 Å². The van der Waals surface area contributed by atoms with Crippen LogP contribution in [0.25, 0.3) is 5.70 Å². The van der Waals surface area contributed by atoms with Crippen LogP contribution in [0.5, 0.6) is 0 Å². The molecule has 0 aliphatic carbocycles. The van der Waals surface area contributed by atoms with Crippen molar-refractivity contribution >= 4 is 30.1 Å². The summed E-state index contributed by atoms with van der Waals surface area (Å²) in [6.07, 6.45) is 0.929. The number of aliphatic hydroxyl groups is 1. The van der Waals surface area contributed by atoms with Gasteiger partial charge in [-0.15, -0.1) is 0 Å². The topological polar surface area (TPSA) is 107 Å². The number of anilines is 1. The highest BCUT2D eigenvalue weighted by molar-refractivity contribution is 5.99. The lowest BCUT2D eigenvalue weighted by molar-refractivity contribution is -0.138. The monoisotopic (exact) mass is 547 g/mol. The summed E-state index contributed by atoms with van der Waals surface area (Å²) < 4.78 is 43.6. The van der Waals surface area contributed by atoms with E-state index in [9.17, 15) is 18.0 Å². The molecule has 0 radical (unpaired) electrons. The SMILES string of the molecule is C=NC(=N/C(=C\C)c1ccc(CNC(=O)N2CCC(C(C)(C)C)C2)c(C(F)(F)F)c1)Nc1cnn(CCO)c1. The number of benzene rings is 1. The third-order valence-electron chi connectivity index (χ3n) is 6.71. The van der Waals surface area contributed by atoms with Crippen molar-refractivity contribution in [3.8, 4) is 0 Å². The second kappa shape index (κ2) is 12.5. The number of likely N-dealkylation sites (tertiary alicyclic amines) is 1. The zero-order chi connectivity index (χ0) is 28.8. The third-order valence-corrected chi connectivity index (χ3v) is 6.71. The van der Waals surface area contributed by atoms with Crippen molar-refractivity contribution in [2.75, 3.05) is 25.0 Å². The van der Waals surface area contributed by atoms with Gasteiger partial charge in [0.25, 0.3) is 0 Å². The van der Waals surface area contributed by atoms with Gasteiger partial charge in [-0.25, -0.2) is 14.8 Å². The van der Waals surface area contributed by atoms with Crippen molar-refractivity contribution in [1.29, 1.82) is 0 Å². The highest BCUT2D eigenvalue weighted by Crippen LogP contribution is 2.35. The van der Waals surface area contributed by atoms with Crippen molar-refractivity contribution in [1.82, 2.24) is 20.0 Å². The molecule has 2 heterocycles. The fraction of sp³-hybridized carbons (Fsp3) is 0.481. The number of aliphatic imine (C=N–C) groups is 2. The Morgan fingerprint density at radius 1 is 1.31 bits per heavy atom. The molecule has 9 nitrogen and oxygen atoms in total. The minimum atomic E-state index is -4.64. The number of amides is 2. The number of carbonyl (C=O) groups excluding carboxylic acids is 1. The lowest BCUT2D eigenvalue weighted by Gasteiger charge is -2.27. The van der Waals surface area contributed by atoms with E-state index < -0.39 is 11.7 Å². The van der Waals surface area contributed by atoms with Gasteiger partial charge < -0.3 is 20.6 Å². The molecule has 1 unspecified atom stereocenters. The average Bonchev–Trinajstić information content (AvgIpc) is 3.55. The van der Waals surface area contributed by atoms with E-state index >= 15 is 0 Å². The number of rotatable bonds is 7. The number of hydrogen-bond donors (Lipinski definition) is 3. The number of nitrogens with zero attached hydrogens (tertiary/aromatic N) is 5. The summed E-state index contributed by atoms with van der Waals surface area (Å²) in [5, 5.41) is 18.7. The largest absolute Gasteiger partial charge is 0.416 e. The summed E-state index contributed by atoms with van der Waals surface area (Å²) in [7, 11) is 0. The highest BCUT2D eigenvalue weighted by Gasteiger charge is 2.35. The Hall–Kier alpha value is -3.67. The standard InChI is InChI=1S/C27H36F3N7O2/c1-6-23(35-24(31-5)34-21-15-33-37(17-21)11-12-38)18-7-8-19(22(13-18)27(28,29)30)14-32-25(39)36-10-9-20(16-36)26(2,3)4/h6-8,13,15,17,20,38H,5,9-12,14,16H2,1-4H3,(H,32,39)(H,34,35)/b23-6-. The van der Waals surface area contributed by atoms with Crippen LogP contribution < -0.4 is 10.6 Å². The van der Waals surface area contributed by atoms with Crippen LogP contribution in [0.3, 0.4) is 0 Å². The zero-order valence-corrected chi connectivity index (χ0v) is 22.7. The zero-order valence-electron chi connectivity index (χ0n) is 22.7. The predicted octanol–water partition coefficient (Wildman–Crippen LogP) is 5.00. The summed E-state index contributed by atoms with van der Waals surface area (Å²) in [5.74, 6) is 0.407. The van der Waals surface area contributed by atoms with Crippen LogP contribution >= 0.6 is 0 Å². The fourth-order valence-corrected chi connectivity index (χ4v) is 4.38. The second-order valence-corrected chi connectivity index (χ2v) is 10.4. The first-order chi connectivity index (χ1) is 18.3. The van der Waals surface area contributed by atoms with Gasteiger partial charge in [0, 0.05) is 31.4 Å². The van der Waals surface area contributed by atoms with Crippen molar-refractivity contribution in [2.24, 2.45) is 21.3 Å². The summed E-state index contributed by atoms with van der Waals surface area (Å²) in [5.41, 5.74) is 0.168. The number of urea groups is 1. The quantitative estimate of drug-likeness (QED) is 0.335. The van der Waals surface area contributed by atoms with Crippen molar-refractivity contribution in [2.45, 2.75) is 53.4 Å². The molecular weight excluding hydrogens is 511 g/mol. The van der Waals surface area contributed by atoms with E-state index in [-0.39, 0.29) is 47.4 Å². The number of carbonyl (C=O) groups is 1. The summed E-state index contributed by atoms with van der Waals surface area (Å²) in [6, 6.07) is 3.53. The maximum Gasteiger partial charge on any atom is 0.416 e. The summed E-state index contributed by atoms with van der Waals surface area (Å²) in [6.45, 7) is 12.6. The highest BCUT2D eigenvalue weighted by atomic mass is 19.4. The van der Waals surface area contributed by atoms with Crippen LogP contribution in [0.15, 0.2) is 46.7 Å². The first kappa shape index (κ1) is 29.9. The predicted molar refractivity (Wildman–Crippen MR) is 146 cm³/mol. The number of alkyl halides is 3. The minimum Gasteiger partial charge on any atom is -0.394 e. The number of guanidine groups is 1. The van der Waals surface area contributed by atoms with Crippen LogP contribution in [-0.2, 0) is 19.3 Å². The number of aliphatic hydroxyl groups excluding tert-OH is 1. The number of aromatic nitrogens is 2. The molecule has 1 aromatic carbocycles. The molecule has 1 aliphatic heterocycles. The minimum absolute atomic E-state index is 0.0397. The first-order valence-electron chi connectivity index (χ1n) is 12.7. The van der Waals surface area contributed by atoms with Gasteiger partial charge in [-0.3, -0.25) is 4.68 Å². The molecule has 1 fully saturated rings. The van der Waals surface area contributed by atoms with Crippen LogP contribution in [0.2, 0.25) is 0 Å². The summed E-state index contributed by atoms with van der Waals surface area (Å²) >= 11 is 0. The molecule has 2 amide bonds. The third kappa shape index (κ3) is 7.92. The normalized spacial score (nSPS) is 16.9. The van der Waals surface area contributed by atoms with E-state index in [0.29, 0.717) is 31.2 Å². The Bertz CT molecular complexity index is 1230. The van der Waals surface area contributed by atoms with Gasteiger partial charge in [0.1, 0.15) is 0 Å². The Morgan fingerprint density at radius 2 is 2.05 bits per heavy atom. The average molecular weight is 548 g/mol. The van der Waals surface area contributed by atoms with Crippen LogP contribution in [-0.4, -0.2) is 58.2 Å². The van der Waals surface area contributed by atoms with E-state index in [2.05, 4.69) is 53.2 Å². The van der Waals surface area contributed by atoms with Crippen molar-refractivity contribution < 1.29 is 23.1 Å². The molecule has 2 aromatic rings. The molecule has 12 heteroatoms. The van der Waals surface area contributed by atoms with Gasteiger partial charge in [0.15, 0.2) is 0 Å². The van der Waals surface area contributed by atoms with E-state index in [4.69, 9.17) is 5.11 Å².